The SMILES string of the molecule is CC(C)[C@H](N[C@@H]1CCCN(c2ncnc3sc(CC(F)(F)F)cc23)CC1)C1CN(C(=O)OC(C)(C)C)C1.CC(C)[C@H](N[C@H]1CCCN(c2ncnc3sc(CC(F)(F)F)cc23)CC1)C1CN(C(=O)OC(C)(C)C)C1. The van der Waals surface area contributed by atoms with E-state index < -0.39 is 36.4 Å². The number of halogens is 6. The predicted molar refractivity (Wildman–Crippen MR) is 280 cm³/mol. The number of nitrogens with one attached hydrogen (secondary N) is 2. The van der Waals surface area contributed by atoms with Gasteiger partial charge in [0.25, 0.3) is 0 Å². The van der Waals surface area contributed by atoms with E-state index in [4.69, 9.17) is 9.47 Å². The molecule has 2 N–H and O–H groups in total. The van der Waals surface area contributed by atoms with Gasteiger partial charge in [0.1, 0.15) is 45.2 Å². The molecule has 4 fully saturated rings. The summed E-state index contributed by atoms with van der Waals surface area (Å²) in [6, 6.07) is 4.45. The van der Waals surface area contributed by atoms with Crippen LogP contribution in [0.15, 0.2) is 24.8 Å². The van der Waals surface area contributed by atoms with Crippen LogP contribution in [0.5, 0.6) is 0 Å². The Hall–Kier alpha value is -4.28. The molecule has 0 aromatic carbocycles. The van der Waals surface area contributed by atoms with Crippen LogP contribution in [0.1, 0.15) is 118 Å². The van der Waals surface area contributed by atoms with E-state index in [1.807, 2.05) is 41.5 Å². The lowest BCUT2D eigenvalue weighted by molar-refractivity contribution is -0.127. The quantitative estimate of drug-likeness (QED) is 0.130. The zero-order valence-corrected chi connectivity index (χ0v) is 46.2. The smallest absolute Gasteiger partial charge is 0.410 e. The van der Waals surface area contributed by atoms with Crippen molar-refractivity contribution in [2.75, 3.05) is 62.2 Å². The van der Waals surface area contributed by atoms with Crippen molar-refractivity contribution >= 4 is 66.9 Å². The summed E-state index contributed by atoms with van der Waals surface area (Å²) in [6.07, 6.45) is -2.19. The van der Waals surface area contributed by atoms with E-state index in [1.54, 1.807) is 21.9 Å². The van der Waals surface area contributed by atoms with E-state index in [9.17, 15) is 35.9 Å². The Morgan fingerprint density at radius 2 is 0.959 bits per heavy atom. The van der Waals surface area contributed by atoms with Crippen LogP contribution in [0.3, 0.4) is 0 Å². The number of carbonyl (C=O) groups excluding carboxylic acids is 2. The predicted octanol–water partition coefficient (Wildman–Crippen LogP) is 11.3. The number of hydrogen-bond donors (Lipinski definition) is 2. The van der Waals surface area contributed by atoms with Crippen molar-refractivity contribution < 1.29 is 45.4 Å². The van der Waals surface area contributed by atoms with Gasteiger partial charge in [-0.15, -0.1) is 22.7 Å². The number of likely N-dealkylation sites (tertiary alicyclic amines) is 2. The zero-order chi connectivity index (χ0) is 53.9. The number of hydrogen-bond acceptors (Lipinski definition) is 14. The standard InChI is InChI=1S/2C26H38F3N5O2S/c2*1-16(2)21(17-13-34(14-17)24(35)36-25(3,4)5)32-18-7-6-9-33(10-8-18)22-20-11-19(12-26(27,28)29)37-23(20)31-15-30-22/h2*11,15-18,21,32H,6-10,12-14H2,1-5H3/t18-,21+;18-,21-/m10/s1. The van der Waals surface area contributed by atoms with Gasteiger partial charge in [0, 0.05) is 98.1 Å². The summed E-state index contributed by atoms with van der Waals surface area (Å²) in [6.45, 7) is 26.0. The van der Waals surface area contributed by atoms with Gasteiger partial charge in [0.15, 0.2) is 0 Å². The number of nitrogens with zero attached hydrogens (tertiary/aromatic N) is 8. The molecule has 8 heterocycles. The summed E-state index contributed by atoms with van der Waals surface area (Å²) in [5.41, 5.74) is -0.996. The number of carbonyl (C=O) groups is 2. The summed E-state index contributed by atoms with van der Waals surface area (Å²) in [4.78, 5) is 51.7. The first-order valence-corrected chi connectivity index (χ1v) is 27.8. The molecule has 4 aromatic rings. The summed E-state index contributed by atoms with van der Waals surface area (Å²) < 4.78 is 88.5. The maximum absolute atomic E-state index is 12.9. The molecule has 4 aromatic heterocycles. The molecule has 0 spiro atoms. The molecular weight excluding hydrogens is 1010 g/mol. The van der Waals surface area contributed by atoms with Crippen molar-refractivity contribution in [3.63, 3.8) is 0 Å². The number of thiophene rings is 2. The third kappa shape index (κ3) is 15.9. The van der Waals surface area contributed by atoms with Crippen LogP contribution in [0.2, 0.25) is 0 Å². The monoisotopic (exact) mass is 1080 g/mol. The fourth-order valence-corrected chi connectivity index (χ4v) is 12.6. The first-order valence-electron chi connectivity index (χ1n) is 26.2. The number of rotatable bonds is 12. The van der Waals surface area contributed by atoms with Gasteiger partial charge in [-0.1, -0.05) is 27.7 Å². The number of alkyl halides is 6. The number of anilines is 2. The molecule has 4 aliphatic heterocycles. The van der Waals surface area contributed by atoms with Gasteiger partial charge in [0.2, 0.25) is 0 Å². The van der Waals surface area contributed by atoms with Crippen LogP contribution in [0, 0.1) is 23.7 Å². The maximum Gasteiger partial charge on any atom is 0.410 e. The summed E-state index contributed by atoms with van der Waals surface area (Å²) in [5, 5.41) is 9.17. The zero-order valence-electron chi connectivity index (χ0n) is 44.5. The normalized spacial score (nSPS) is 20.7. The molecule has 4 saturated heterocycles. The minimum Gasteiger partial charge on any atom is -0.444 e. The van der Waals surface area contributed by atoms with E-state index in [-0.39, 0.29) is 21.9 Å². The Balaban J connectivity index is 0.000000216. The molecule has 0 saturated carbocycles. The minimum atomic E-state index is -4.24. The van der Waals surface area contributed by atoms with Gasteiger partial charge >= 0.3 is 24.5 Å². The van der Waals surface area contributed by atoms with Crippen LogP contribution in [0.4, 0.5) is 47.6 Å². The van der Waals surface area contributed by atoms with Crippen LogP contribution in [-0.4, -0.2) is 142 Å². The van der Waals surface area contributed by atoms with Crippen molar-refractivity contribution in [3.05, 3.63) is 34.5 Å². The van der Waals surface area contributed by atoms with Crippen molar-refractivity contribution in [3.8, 4) is 0 Å². The highest BCUT2D eigenvalue weighted by Gasteiger charge is 2.42. The topological polar surface area (TPSA) is 141 Å². The third-order valence-corrected chi connectivity index (χ3v) is 16.0. The van der Waals surface area contributed by atoms with Gasteiger partial charge in [-0.3, -0.25) is 0 Å². The van der Waals surface area contributed by atoms with Crippen LogP contribution in [0.25, 0.3) is 20.4 Å². The lowest BCUT2D eigenvalue weighted by Gasteiger charge is -2.46. The highest BCUT2D eigenvalue weighted by Crippen LogP contribution is 2.37. The summed E-state index contributed by atoms with van der Waals surface area (Å²) in [5.74, 6) is 3.05. The van der Waals surface area contributed by atoms with Crippen LogP contribution < -0.4 is 20.4 Å². The number of amides is 2. The molecule has 4 aliphatic rings. The maximum atomic E-state index is 12.9. The lowest BCUT2D eigenvalue weighted by Crippen LogP contribution is -2.60. The first kappa shape index (κ1) is 57.4. The molecule has 0 radical (unpaired) electrons. The van der Waals surface area contributed by atoms with Gasteiger partial charge in [-0.25, -0.2) is 29.5 Å². The Morgan fingerprint density at radius 3 is 1.28 bits per heavy atom. The van der Waals surface area contributed by atoms with E-state index in [1.165, 1.54) is 12.7 Å². The van der Waals surface area contributed by atoms with Gasteiger partial charge in [-0.05, 0) is 104 Å². The van der Waals surface area contributed by atoms with E-state index >= 15 is 0 Å². The van der Waals surface area contributed by atoms with Crippen molar-refractivity contribution in [1.29, 1.82) is 0 Å². The minimum absolute atomic E-state index is 0.251. The first-order chi connectivity index (χ1) is 34.6. The fourth-order valence-electron chi connectivity index (χ4n) is 10.5. The fraction of sp³-hybridized carbons (Fsp3) is 0.731. The Kier molecular flexibility index (Phi) is 18.3. The molecule has 0 bridgehead atoms. The average Bonchev–Trinajstić information content (AvgIpc) is 3.64. The highest BCUT2D eigenvalue weighted by molar-refractivity contribution is 7.19. The molecule has 412 valence electrons. The van der Waals surface area contributed by atoms with Gasteiger partial charge in [-0.2, -0.15) is 26.3 Å². The lowest BCUT2D eigenvalue weighted by atomic mass is 9.84. The van der Waals surface area contributed by atoms with Crippen molar-refractivity contribution in [2.24, 2.45) is 23.7 Å². The largest absolute Gasteiger partial charge is 0.444 e. The second-order valence-corrected chi connectivity index (χ2v) is 25.5. The summed E-state index contributed by atoms with van der Waals surface area (Å²) in [7, 11) is 0. The molecular formula is C52H76F6N10O4S2. The molecule has 0 aliphatic carbocycles. The van der Waals surface area contributed by atoms with E-state index in [0.29, 0.717) is 94.5 Å². The Bertz CT molecular complexity index is 2330. The molecule has 22 heteroatoms. The van der Waals surface area contributed by atoms with Gasteiger partial charge < -0.3 is 39.7 Å². The van der Waals surface area contributed by atoms with Crippen LogP contribution >= 0.6 is 22.7 Å². The van der Waals surface area contributed by atoms with Crippen molar-refractivity contribution in [1.82, 2.24) is 40.4 Å². The Morgan fingerprint density at radius 1 is 0.595 bits per heavy atom. The van der Waals surface area contributed by atoms with Crippen LogP contribution in [-0.2, 0) is 22.3 Å². The Labute approximate surface area is 439 Å². The third-order valence-electron chi connectivity index (χ3n) is 14.0. The van der Waals surface area contributed by atoms with E-state index in [2.05, 4.69) is 68.1 Å². The van der Waals surface area contributed by atoms with E-state index in [0.717, 1.165) is 99.0 Å². The second kappa shape index (κ2) is 23.5. The van der Waals surface area contributed by atoms with Gasteiger partial charge in [0.05, 0.1) is 23.6 Å². The van der Waals surface area contributed by atoms with Crippen molar-refractivity contribution in [2.45, 2.75) is 168 Å². The highest BCUT2D eigenvalue weighted by atomic mass is 32.1. The molecule has 4 atom stereocenters. The molecule has 0 unspecified atom stereocenters. The average molecular weight is 1080 g/mol. The molecule has 74 heavy (non-hydrogen) atoms. The molecule has 14 nitrogen and oxygen atoms in total. The number of ether oxygens (including phenoxy) is 2. The second-order valence-electron chi connectivity index (χ2n) is 23.2. The molecule has 8 rings (SSSR count). The number of fused-ring (bicyclic) bond motifs is 2. The summed E-state index contributed by atoms with van der Waals surface area (Å²) >= 11 is 2.18. The molecule has 2 amide bonds. The number of aromatic nitrogens is 4.